The third-order valence-corrected chi connectivity index (χ3v) is 7.50. The number of ether oxygens (including phenoxy) is 1. The Balaban J connectivity index is 0.00000456. The molecule has 0 bridgehead atoms. The molecular weight excluding hydrogens is 517 g/mol. The third-order valence-electron chi connectivity index (χ3n) is 5.47. The maximum absolute atomic E-state index is 13.2. The van der Waals surface area contributed by atoms with Crippen LogP contribution in [0.5, 0.6) is 11.5 Å². The van der Waals surface area contributed by atoms with Gasteiger partial charge >= 0.3 is 35.5 Å². The molecule has 8 nitrogen and oxygen atoms in total. The number of aromatic carboxylic acids is 1. The summed E-state index contributed by atoms with van der Waals surface area (Å²) < 4.78 is 31.4. The van der Waals surface area contributed by atoms with Crippen LogP contribution in [0.3, 0.4) is 0 Å². The number of phenols is 1. The summed E-state index contributed by atoms with van der Waals surface area (Å²) in [6.45, 7) is 2.27. The number of carboxylic acid groups (broad SMARTS) is 1. The maximum atomic E-state index is 13.2. The Bertz CT molecular complexity index is 1320. The van der Waals surface area contributed by atoms with Gasteiger partial charge in [0.1, 0.15) is 22.0 Å². The predicted molar refractivity (Wildman–Crippen MR) is 138 cm³/mol. The van der Waals surface area contributed by atoms with Gasteiger partial charge in [-0.25, -0.2) is 13.2 Å². The van der Waals surface area contributed by atoms with Crippen molar-refractivity contribution in [2.75, 3.05) is 13.7 Å². The zero-order valence-electron chi connectivity index (χ0n) is 19.1. The zero-order valence-corrected chi connectivity index (χ0v) is 20.7. The van der Waals surface area contributed by atoms with Crippen molar-refractivity contribution in [3.8, 4) is 11.5 Å². The number of methoxy groups -OCH3 is 1. The van der Waals surface area contributed by atoms with Crippen molar-refractivity contribution in [1.82, 2.24) is 5.32 Å². The van der Waals surface area contributed by atoms with Crippen LogP contribution in [0.1, 0.15) is 34.5 Å². The topological polar surface area (TPSA) is 133 Å². The van der Waals surface area contributed by atoms with E-state index in [0.717, 1.165) is 17.7 Å². The van der Waals surface area contributed by atoms with Crippen LogP contribution in [-0.4, -0.2) is 79.0 Å². The van der Waals surface area contributed by atoms with Crippen molar-refractivity contribution in [1.29, 1.82) is 0 Å². The molecule has 11 heteroatoms. The minimum absolute atomic E-state index is 0. The molecule has 3 aromatic rings. The summed E-state index contributed by atoms with van der Waals surface area (Å²) in [7, 11) is -2.88. The van der Waals surface area contributed by atoms with Crippen LogP contribution < -0.4 is 10.1 Å². The second kappa shape index (κ2) is 12.9. The van der Waals surface area contributed by atoms with Crippen LogP contribution in [0.2, 0.25) is 5.02 Å². The van der Waals surface area contributed by atoms with Crippen LogP contribution >= 0.6 is 11.6 Å². The molecule has 0 radical (unpaired) electrons. The monoisotopic (exact) mass is 543 g/mol. The van der Waals surface area contributed by atoms with Crippen molar-refractivity contribution in [3.05, 3.63) is 82.4 Å². The zero-order chi connectivity index (χ0) is 25.8. The molecule has 2 atom stereocenters. The molecule has 0 saturated heterocycles. The van der Waals surface area contributed by atoms with Gasteiger partial charge in [0.15, 0.2) is 0 Å². The van der Waals surface area contributed by atoms with E-state index in [0.29, 0.717) is 23.6 Å². The Morgan fingerprint density at radius 2 is 1.78 bits per heavy atom. The number of hydrogen-bond acceptors (Lipinski definition) is 7. The summed E-state index contributed by atoms with van der Waals surface area (Å²) >= 11 is 5.97. The summed E-state index contributed by atoms with van der Waals surface area (Å²) in [5, 5.41) is 33.2. The first-order chi connectivity index (χ1) is 16.5. The van der Waals surface area contributed by atoms with Crippen molar-refractivity contribution < 1.29 is 33.3 Å². The Labute approximate surface area is 237 Å². The number of aliphatic hydroxyl groups excluding tert-OH is 1. The molecule has 0 aliphatic carbocycles. The van der Waals surface area contributed by atoms with E-state index in [1.807, 2.05) is 6.92 Å². The van der Waals surface area contributed by atoms with E-state index in [4.69, 9.17) is 16.3 Å². The van der Waals surface area contributed by atoms with Crippen molar-refractivity contribution in [2.24, 2.45) is 0 Å². The molecule has 0 aromatic heterocycles. The second-order valence-electron chi connectivity index (χ2n) is 8.06. The van der Waals surface area contributed by atoms with Crippen LogP contribution in [0.25, 0.3) is 0 Å². The Kier molecular flexibility index (Phi) is 10.8. The minimum atomic E-state index is -4.11. The summed E-state index contributed by atoms with van der Waals surface area (Å²) in [4.78, 5) is 11.0. The van der Waals surface area contributed by atoms with E-state index in [2.05, 4.69) is 5.32 Å². The van der Waals surface area contributed by atoms with Gasteiger partial charge in [0.05, 0.1) is 18.1 Å². The van der Waals surface area contributed by atoms with Gasteiger partial charge in [-0.3, -0.25) is 0 Å². The average Bonchev–Trinajstić information content (AvgIpc) is 2.82. The molecule has 3 aromatic carbocycles. The number of aliphatic hydroxyl groups is 1. The predicted octanol–water partition coefficient (Wildman–Crippen LogP) is 3.19. The summed E-state index contributed by atoms with van der Waals surface area (Å²) in [5.74, 6) is -2.21. The van der Waals surface area contributed by atoms with Crippen molar-refractivity contribution in [3.63, 3.8) is 0 Å². The SMILES string of the molecule is COc1cc(O)c(C(=O)O)cc1S(=O)(=O)c1ccc(C[C@@H](C)NC[C@@H](O)c2cccc(Cl)c2)cc1.[NaH]. The van der Waals surface area contributed by atoms with Gasteiger partial charge in [-0.1, -0.05) is 35.9 Å². The number of rotatable bonds is 10. The first-order valence-electron chi connectivity index (χ1n) is 10.7. The standard InChI is InChI=1S/C25H26ClNO7S.Na.H/c1-15(27-14-22(29)17-4-3-5-18(26)11-17)10-16-6-8-19(9-7-16)35(32,33)24-12-20(25(30)31)21(28)13-23(24)34-2;;/h3-9,11-13,15,22,27-29H,10,14H2,1-2H3,(H,30,31);;/t15-,22-;;/m1../s1. The Hall–Kier alpha value is -2.11. The molecule has 0 fully saturated rings. The van der Waals surface area contributed by atoms with Crippen LogP contribution in [0.4, 0.5) is 0 Å². The number of benzene rings is 3. The van der Waals surface area contributed by atoms with Crippen LogP contribution in [0.15, 0.2) is 70.5 Å². The number of hydrogen-bond donors (Lipinski definition) is 4. The summed E-state index contributed by atoms with van der Waals surface area (Å²) in [6, 6.07) is 15.1. The van der Waals surface area contributed by atoms with Gasteiger partial charge in [0.25, 0.3) is 0 Å². The fourth-order valence-corrected chi connectivity index (χ4v) is 5.22. The van der Waals surface area contributed by atoms with Crippen LogP contribution in [0, 0.1) is 0 Å². The van der Waals surface area contributed by atoms with E-state index < -0.39 is 33.2 Å². The molecule has 188 valence electrons. The molecule has 0 spiro atoms. The number of sulfone groups is 1. The number of carbonyl (C=O) groups is 1. The Morgan fingerprint density at radius 1 is 1.11 bits per heavy atom. The molecular formula is C25H27ClNNaO7S. The van der Waals surface area contributed by atoms with Gasteiger partial charge in [0.2, 0.25) is 9.84 Å². The third kappa shape index (κ3) is 7.23. The van der Waals surface area contributed by atoms with E-state index in [1.165, 1.54) is 19.2 Å². The van der Waals surface area contributed by atoms with Gasteiger partial charge in [0, 0.05) is 23.7 Å². The van der Waals surface area contributed by atoms with Crippen molar-refractivity contribution >= 4 is 57.0 Å². The van der Waals surface area contributed by atoms with Crippen molar-refractivity contribution in [2.45, 2.75) is 35.3 Å². The molecule has 3 rings (SSSR count). The van der Waals surface area contributed by atoms with Crippen LogP contribution in [-0.2, 0) is 16.3 Å². The second-order valence-corrected chi connectivity index (χ2v) is 10.4. The van der Waals surface area contributed by atoms with Gasteiger partial charge in [-0.05, 0) is 54.8 Å². The molecule has 4 N–H and O–H groups in total. The Morgan fingerprint density at radius 3 is 2.36 bits per heavy atom. The fourth-order valence-electron chi connectivity index (χ4n) is 3.59. The fraction of sp³-hybridized carbons (Fsp3) is 0.240. The van der Waals surface area contributed by atoms with E-state index in [9.17, 15) is 28.5 Å². The average molecular weight is 544 g/mol. The molecule has 0 unspecified atom stereocenters. The van der Waals surface area contributed by atoms with Gasteiger partial charge in [-0.15, -0.1) is 0 Å². The summed E-state index contributed by atoms with van der Waals surface area (Å²) in [5.41, 5.74) is 1.04. The number of carboxylic acids is 1. The molecule has 36 heavy (non-hydrogen) atoms. The number of aromatic hydroxyl groups is 1. The normalized spacial score (nSPS) is 12.9. The molecule has 0 aliphatic rings. The first kappa shape index (κ1) is 30.1. The molecule has 0 heterocycles. The van der Waals surface area contributed by atoms with Gasteiger partial charge < -0.3 is 25.4 Å². The molecule has 0 aliphatic heterocycles. The van der Waals surface area contributed by atoms with E-state index >= 15 is 0 Å². The quantitative estimate of drug-likeness (QED) is 0.287. The van der Waals surface area contributed by atoms with E-state index in [-0.39, 0.29) is 51.1 Å². The number of halogens is 1. The molecule has 0 saturated carbocycles. The van der Waals surface area contributed by atoms with Gasteiger partial charge in [-0.2, -0.15) is 0 Å². The number of nitrogens with one attached hydrogen (secondary N) is 1. The first-order valence-corrected chi connectivity index (χ1v) is 12.5. The van der Waals surface area contributed by atoms with E-state index in [1.54, 1.807) is 36.4 Å². The molecule has 0 amide bonds. The summed E-state index contributed by atoms with van der Waals surface area (Å²) in [6.07, 6.45) is -0.145.